The molecule has 17 heavy (non-hydrogen) atoms. The highest BCUT2D eigenvalue weighted by atomic mass is 16.5. The molecule has 1 aromatic rings. The third-order valence-corrected chi connectivity index (χ3v) is 2.69. The van der Waals surface area contributed by atoms with Gasteiger partial charge in [-0.05, 0) is 31.8 Å². The molecule has 94 valence electrons. The van der Waals surface area contributed by atoms with Crippen LogP contribution in [0.1, 0.15) is 18.1 Å². The van der Waals surface area contributed by atoms with Gasteiger partial charge in [-0.25, -0.2) is 0 Å². The summed E-state index contributed by atoms with van der Waals surface area (Å²) in [5.41, 5.74) is 0.864. The van der Waals surface area contributed by atoms with Gasteiger partial charge < -0.3 is 19.5 Å². The molecule has 0 bridgehead atoms. The molecule has 2 rings (SSSR count). The molecule has 4 nitrogen and oxygen atoms in total. The van der Waals surface area contributed by atoms with E-state index < -0.39 is 6.10 Å². The highest BCUT2D eigenvalue weighted by Gasteiger charge is 2.14. The molecular weight excluding hydrogens is 218 g/mol. The van der Waals surface area contributed by atoms with Gasteiger partial charge in [0.2, 0.25) is 0 Å². The molecule has 0 radical (unpaired) electrons. The summed E-state index contributed by atoms with van der Waals surface area (Å²) in [6.45, 7) is 1.95. The van der Waals surface area contributed by atoms with Crippen molar-refractivity contribution < 1.29 is 14.6 Å². The molecule has 1 aliphatic heterocycles. The monoisotopic (exact) mass is 237 g/mol. The van der Waals surface area contributed by atoms with Gasteiger partial charge in [-0.3, -0.25) is 0 Å². The van der Waals surface area contributed by atoms with Crippen LogP contribution in [0.4, 0.5) is 0 Å². The van der Waals surface area contributed by atoms with Gasteiger partial charge in [-0.2, -0.15) is 0 Å². The number of hydrogen-bond donors (Lipinski definition) is 1. The number of likely N-dealkylation sites (N-methyl/N-ethyl adjacent to an activating group) is 1. The Kier molecular flexibility index (Phi) is 3.86. The molecule has 0 saturated heterocycles. The molecule has 0 fully saturated rings. The standard InChI is InChI=1S/C13H19NO3/c1-14(2)9-11(15)10-4-5-12-13(8-10)17-7-3-6-16-12/h4-5,8,11,15H,3,6-7,9H2,1-2H3/t11-/m0/s1. The Bertz CT molecular complexity index is 379. The largest absolute Gasteiger partial charge is 0.490 e. The van der Waals surface area contributed by atoms with Gasteiger partial charge in [0.1, 0.15) is 0 Å². The van der Waals surface area contributed by atoms with Crippen LogP contribution in [0.2, 0.25) is 0 Å². The fraction of sp³-hybridized carbons (Fsp3) is 0.538. The Hall–Kier alpha value is -1.26. The first-order chi connectivity index (χ1) is 8.16. The van der Waals surface area contributed by atoms with Crippen molar-refractivity contribution in [2.24, 2.45) is 0 Å². The van der Waals surface area contributed by atoms with Crippen molar-refractivity contribution >= 4 is 0 Å². The van der Waals surface area contributed by atoms with Gasteiger partial charge in [0.15, 0.2) is 11.5 Å². The molecule has 0 unspecified atom stereocenters. The number of fused-ring (bicyclic) bond motifs is 1. The van der Waals surface area contributed by atoms with Gasteiger partial charge in [-0.1, -0.05) is 6.07 Å². The minimum atomic E-state index is -0.498. The lowest BCUT2D eigenvalue weighted by molar-refractivity contribution is 0.138. The maximum atomic E-state index is 10.0. The van der Waals surface area contributed by atoms with Crippen LogP contribution < -0.4 is 9.47 Å². The topological polar surface area (TPSA) is 41.9 Å². The normalized spacial score (nSPS) is 16.7. The molecule has 1 heterocycles. The van der Waals surface area contributed by atoms with E-state index in [1.54, 1.807) is 0 Å². The Balaban J connectivity index is 2.17. The van der Waals surface area contributed by atoms with Gasteiger partial charge in [0, 0.05) is 13.0 Å². The van der Waals surface area contributed by atoms with E-state index in [1.807, 2.05) is 37.2 Å². The lowest BCUT2D eigenvalue weighted by Crippen LogP contribution is -2.20. The molecule has 4 heteroatoms. The summed E-state index contributed by atoms with van der Waals surface area (Å²) in [4.78, 5) is 1.95. The molecule has 1 aromatic carbocycles. The summed E-state index contributed by atoms with van der Waals surface area (Å²) in [6.07, 6.45) is 0.395. The number of ether oxygens (including phenoxy) is 2. The predicted octanol–water partition coefficient (Wildman–Crippen LogP) is 1.44. The van der Waals surface area contributed by atoms with E-state index in [4.69, 9.17) is 9.47 Å². The minimum absolute atomic E-state index is 0.498. The minimum Gasteiger partial charge on any atom is -0.490 e. The molecule has 0 aliphatic carbocycles. The number of benzene rings is 1. The lowest BCUT2D eigenvalue weighted by atomic mass is 10.1. The van der Waals surface area contributed by atoms with E-state index in [0.717, 1.165) is 23.5 Å². The highest BCUT2D eigenvalue weighted by molar-refractivity contribution is 5.44. The van der Waals surface area contributed by atoms with Crippen LogP contribution in [-0.4, -0.2) is 43.9 Å². The molecule has 0 spiro atoms. The number of nitrogens with zero attached hydrogens (tertiary/aromatic N) is 1. The van der Waals surface area contributed by atoms with E-state index >= 15 is 0 Å². The van der Waals surface area contributed by atoms with Crippen molar-refractivity contribution in [3.05, 3.63) is 23.8 Å². The van der Waals surface area contributed by atoms with Crippen molar-refractivity contribution in [1.82, 2.24) is 4.90 Å². The highest BCUT2D eigenvalue weighted by Crippen LogP contribution is 2.32. The van der Waals surface area contributed by atoms with Crippen molar-refractivity contribution in [3.8, 4) is 11.5 Å². The molecule has 1 aliphatic rings. The lowest BCUT2D eigenvalue weighted by Gasteiger charge is -2.17. The van der Waals surface area contributed by atoms with Gasteiger partial charge >= 0.3 is 0 Å². The van der Waals surface area contributed by atoms with Crippen LogP contribution in [0.3, 0.4) is 0 Å². The molecule has 0 saturated carbocycles. The second kappa shape index (κ2) is 5.38. The van der Waals surface area contributed by atoms with Crippen LogP contribution in [-0.2, 0) is 0 Å². The smallest absolute Gasteiger partial charge is 0.161 e. The molecule has 1 atom stereocenters. The maximum Gasteiger partial charge on any atom is 0.161 e. The SMILES string of the molecule is CN(C)C[C@H](O)c1ccc2c(c1)OCCCO2. The van der Waals surface area contributed by atoms with Crippen LogP contribution in [0.25, 0.3) is 0 Å². The number of aliphatic hydroxyl groups excluding tert-OH is 1. The first kappa shape index (κ1) is 12.2. The van der Waals surface area contributed by atoms with Crippen molar-refractivity contribution in [1.29, 1.82) is 0 Å². The predicted molar refractivity (Wildman–Crippen MR) is 65.6 cm³/mol. The van der Waals surface area contributed by atoms with Crippen molar-refractivity contribution in [2.75, 3.05) is 33.9 Å². The van der Waals surface area contributed by atoms with E-state index in [-0.39, 0.29) is 0 Å². The molecule has 0 aromatic heterocycles. The summed E-state index contributed by atoms with van der Waals surface area (Å²) in [7, 11) is 3.87. The zero-order chi connectivity index (χ0) is 12.3. The quantitative estimate of drug-likeness (QED) is 0.864. The average Bonchev–Trinajstić information content (AvgIpc) is 2.51. The third-order valence-electron chi connectivity index (χ3n) is 2.69. The Morgan fingerprint density at radius 3 is 2.65 bits per heavy atom. The average molecular weight is 237 g/mol. The number of rotatable bonds is 3. The van der Waals surface area contributed by atoms with E-state index in [0.29, 0.717) is 19.8 Å². The van der Waals surface area contributed by atoms with Crippen LogP contribution in [0.5, 0.6) is 11.5 Å². The summed E-state index contributed by atoms with van der Waals surface area (Å²) < 4.78 is 11.1. The van der Waals surface area contributed by atoms with Crippen LogP contribution in [0, 0.1) is 0 Å². The number of hydrogen-bond acceptors (Lipinski definition) is 4. The second-order valence-corrected chi connectivity index (χ2v) is 4.53. The molecular formula is C13H19NO3. The van der Waals surface area contributed by atoms with E-state index in [1.165, 1.54) is 0 Å². The Morgan fingerprint density at radius 1 is 1.24 bits per heavy atom. The van der Waals surface area contributed by atoms with Gasteiger partial charge in [-0.15, -0.1) is 0 Å². The maximum absolute atomic E-state index is 10.0. The van der Waals surface area contributed by atoms with E-state index in [2.05, 4.69) is 0 Å². The van der Waals surface area contributed by atoms with Crippen molar-refractivity contribution in [2.45, 2.75) is 12.5 Å². The summed E-state index contributed by atoms with van der Waals surface area (Å²) in [6, 6.07) is 5.63. The fourth-order valence-electron chi connectivity index (χ4n) is 1.84. The first-order valence-corrected chi connectivity index (χ1v) is 5.89. The zero-order valence-electron chi connectivity index (χ0n) is 10.3. The first-order valence-electron chi connectivity index (χ1n) is 5.89. The molecule has 1 N–H and O–H groups in total. The zero-order valence-corrected chi connectivity index (χ0v) is 10.3. The third kappa shape index (κ3) is 3.11. The van der Waals surface area contributed by atoms with Crippen molar-refractivity contribution in [3.63, 3.8) is 0 Å². The summed E-state index contributed by atoms with van der Waals surface area (Å²) in [5.74, 6) is 1.50. The Morgan fingerprint density at radius 2 is 1.94 bits per heavy atom. The summed E-state index contributed by atoms with van der Waals surface area (Å²) in [5, 5.41) is 10.0. The van der Waals surface area contributed by atoms with E-state index in [9.17, 15) is 5.11 Å². The Labute approximate surface area is 102 Å². The van der Waals surface area contributed by atoms with Gasteiger partial charge in [0.25, 0.3) is 0 Å². The second-order valence-electron chi connectivity index (χ2n) is 4.53. The summed E-state index contributed by atoms with van der Waals surface area (Å²) >= 11 is 0. The van der Waals surface area contributed by atoms with Crippen LogP contribution >= 0.6 is 0 Å². The molecule has 0 amide bonds. The van der Waals surface area contributed by atoms with Crippen LogP contribution in [0.15, 0.2) is 18.2 Å². The number of aliphatic hydroxyl groups is 1. The fourth-order valence-corrected chi connectivity index (χ4v) is 1.84. The van der Waals surface area contributed by atoms with Gasteiger partial charge in [0.05, 0.1) is 19.3 Å².